The minimum absolute atomic E-state index is 0.213. The third-order valence-electron chi connectivity index (χ3n) is 4.35. The van der Waals surface area contributed by atoms with E-state index in [1.165, 1.54) is 0 Å². The van der Waals surface area contributed by atoms with Crippen LogP contribution < -0.4 is 9.47 Å². The second-order valence-electron chi connectivity index (χ2n) is 7.85. The molecule has 0 radical (unpaired) electrons. The third-order valence-corrected chi connectivity index (χ3v) is 5.16. The van der Waals surface area contributed by atoms with Gasteiger partial charge in [0.1, 0.15) is 18.1 Å². The van der Waals surface area contributed by atoms with E-state index in [0.717, 1.165) is 29.0 Å². The lowest BCUT2D eigenvalue weighted by molar-refractivity contribution is 0.109. The first-order valence-corrected chi connectivity index (χ1v) is 13.3. The highest BCUT2D eigenvalue weighted by Crippen LogP contribution is 2.38. The van der Waals surface area contributed by atoms with Crippen molar-refractivity contribution in [2.75, 3.05) is 13.2 Å². The molecule has 0 aliphatic carbocycles. The van der Waals surface area contributed by atoms with Crippen molar-refractivity contribution in [2.45, 2.75) is 45.5 Å². The fraction of sp³-hybridized carbons (Fsp3) is 0.391. The Morgan fingerprint density at radius 1 is 1.14 bits per heavy atom. The zero-order valence-corrected chi connectivity index (χ0v) is 18.2. The van der Waals surface area contributed by atoms with Gasteiger partial charge >= 0.3 is 0 Å². The van der Waals surface area contributed by atoms with E-state index >= 15 is 0 Å². The first-order valence-electron chi connectivity index (χ1n) is 9.91. The lowest BCUT2D eigenvalue weighted by atomic mass is 9.93. The van der Waals surface area contributed by atoms with E-state index in [9.17, 15) is 0 Å². The van der Waals surface area contributed by atoms with Crippen LogP contribution in [-0.2, 0) is 15.8 Å². The van der Waals surface area contributed by atoms with Gasteiger partial charge in [0.25, 0.3) is 5.95 Å². The Bertz CT molecular complexity index is 796. The molecule has 3 rings (SSSR count). The van der Waals surface area contributed by atoms with Gasteiger partial charge in [0.05, 0.1) is 13.2 Å². The number of benzene rings is 2. The maximum Gasteiger partial charge on any atom is 0.261 e. The molecule has 2 aromatic carbocycles. The second-order valence-corrected chi connectivity index (χ2v) is 12.3. The van der Waals surface area contributed by atoms with Gasteiger partial charge in [-0.3, -0.25) is 0 Å². The van der Waals surface area contributed by atoms with Gasteiger partial charge in [-0.1, -0.05) is 36.4 Å². The summed E-state index contributed by atoms with van der Waals surface area (Å²) in [6.45, 7) is 10.3. The predicted octanol–water partition coefficient (Wildman–Crippen LogP) is 5.86. The number of hydrogen-bond donors (Lipinski definition) is 0. The van der Waals surface area contributed by atoms with Crippen LogP contribution in [0.3, 0.4) is 0 Å². The monoisotopic (exact) mass is 398 g/mol. The van der Waals surface area contributed by atoms with Crippen LogP contribution in [0, 0.1) is 0 Å². The van der Waals surface area contributed by atoms with Gasteiger partial charge in [0.15, 0.2) is 0 Å². The zero-order valence-electron chi connectivity index (χ0n) is 17.2. The van der Waals surface area contributed by atoms with Crippen molar-refractivity contribution in [1.29, 1.82) is 0 Å². The molecule has 1 atom stereocenters. The summed E-state index contributed by atoms with van der Waals surface area (Å²) in [5.74, 6) is 2.55. The molecular weight excluding hydrogens is 368 g/mol. The van der Waals surface area contributed by atoms with E-state index in [2.05, 4.69) is 43.9 Å². The molecule has 150 valence electrons. The maximum absolute atomic E-state index is 6.12. The molecule has 0 saturated carbocycles. The summed E-state index contributed by atoms with van der Waals surface area (Å²) in [5.41, 5.74) is 2.29. The van der Waals surface area contributed by atoms with Crippen molar-refractivity contribution in [1.82, 2.24) is 0 Å². The van der Waals surface area contributed by atoms with Crippen molar-refractivity contribution in [2.24, 2.45) is 0 Å². The topological polar surface area (TPSA) is 36.9 Å². The van der Waals surface area contributed by atoms with Crippen LogP contribution in [0.4, 0.5) is 0 Å². The summed E-state index contributed by atoms with van der Waals surface area (Å²) in [5, 5.41) is 0. The molecule has 0 fully saturated rings. The Labute approximate surface area is 169 Å². The van der Waals surface area contributed by atoms with E-state index in [1.54, 1.807) is 0 Å². The van der Waals surface area contributed by atoms with Gasteiger partial charge in [0.2, 0.25) is 8.32 Å². The quantitative estimate of drug-likeness (QED) is 0.412. The largest absolute Gasteiger partial charge is 0.520 e. The van der Waals surface area contributed by atoms with Crippen molar-refractivity contribution in [3.8, 4) is 11.5 Å². The summed E-state index contributed by atoms with van der Waals surface area (Å²) >= 11 is 0. The Morgan fingerprint density at radius 2 is 1.93 bits per heavy atom. The molecule has 0 bridgehead atoms. The highest BCUT2D eigenvalue weighted by Gasteiger charge is 2.24. The van der Waals surface area contributed by atoms with Crippen molar-refractivity contribution in [3.05, 3.63) is 71.7 Å². The van der Waals surface area contributed by atoms with Gasteiger partial charge in [-0.25, -0.2) is 0 Å². The van der Waals surface area contributed by atoms with Gasteiger partial charge in [0, 0.05) is 23.6 Å². The molecule has 0 saturated heterocycles. The Hall–Kier alpha value is -2.40. The van der Waals surface area contributed by atoms with Gasteiger partial charge in [-0.2, -0.15) is 0 Å². The predicted molar refractivity (Wildman–Crippen MR) is 114 cm³/mol. The van der Waals surface area contributed by atoms with E-state index in [-0.39, 0.29) is 5.92 Å². The van der Waals surface area contributed by atoms with Crippen molar-refractivity contribution in [3.63, 3.8) is 0 Å². The van der Waals surface area contributed by atoms with E-state index in [4.69, 9.17) is 18.6 Å². The third kappa shape index (κ3) is 5.80. The van der Waals surface area contributed by atoms with Crippen molar-refractivity contribution < 1.29 is 18.6 Å². The smallest absolute Gasteiger partial charge is 0.261 e. The number of rotatable bonds is 8. The van der Waals surface area contributed by atoms with E-state index in [0.29, 0.717) is 25.8 Å². The Morgan fingerprint density at radius 3 is 2.64 bits per heavy atom. The zero-order chi connectivity index (χ0) is 20.0. The minimum Gasteiger partial charge on any atom is -0.520 e. The molecular formula is C23H30O4Si. The first kappa shape index (κ1) is 20.3. The fourth-order valence-corrected chi connectivity index (χ4v) is 3.85. The molecule has 5 heteroatoms. The van der Waals surface area contributed by atoms with Crippen LogP contribution in [0.2, 0.25) is 19.6 Å². The maximum atomic E-state index is 6.12. The Kier molecular flexibility index (Phi) is 6.68. The molecule has 0 spiro atoms. The second kappa shape index (κ2) is 9.19. The molecule has 0 amide bonds. The van der Waals surface area contributed by atoms with Gasteiger partial charge < -0.3 is 18.6 Å². The fourth-order valence-electron chi connectivity index (χ4n) is 3.12. The summed E-state index contributed by atoms with van der Waals surface area (Å²) < 4.78 is 23.7. The van der Waals surface area contributed by atoms with E-state index in [1.807, 2.05) is 37.3 Å². The van der Waals surface area contributed by atoms with E-state index < -0.39 is 8.32 Å². The molecule has 1 heterocycles. The standard InChI is InChI=1S/C23H30O4Si/c1-5-24-23(27-28(2,3)4)15-19-13-14-25-22-16-20(11-12-21(19)22)26-17-18-9-7-6-8-10-18/h6-12,15-16,19H,5,13-14,17H2,1-4H3/b23-15-/t19-/m0/s1. The average Bonchev–Trinajstić information content (AvgIpc) is 2.66. The van der Waals surface area contributed by atoms with Gasteiger partial charge in [-0.05, 0) is 44.6 Å². The molecule has 4 nitrogen and oxygen atoms in total. The molecule has 1 aliphatic heterocycles. The molecule has 0 N–H and O–H groups in total. The van der Waals surface area contributed by atoms with Crippen LogP contribution in [-0.4, -0.2) is 21.5 Å². The Balaban J connectivity index is 1.75. The number of ether oxygens (including phenoxy) is 3. The lowest BCUT2D eigenvalue weighted by Gasteiger charge is -2.27. The highest BCUT2D eigenvalue weighted by molar-refractivity contribution is 6.70. The van der Waals surface area contributed by atoms with Crippen LogP contribution in [0.25, 0.3) is 0 Å². The first-order chi connectivity index (χ1) is 13.4. The molecule has 2 aromatic rings. The highest BCUT2D eigenvalue weighted by atomic mass is 28.4. The minimum atomic E-state index is -1.73. The number of fused-ring (bicyclic) bond motifs is 1. The van der Waals surface area contributed by atoms with Crippen molar-refractivity contribution >= 4 is 8.32 Å². The number of hydrogen-bond acceptors (Lipinski definition) is 4. The molecule has 28 heavy (non-hydrogen) atoms. The van der Waals surface area contributed by atoms with Crippen LogP contribution >= 0.6 is 0 Å². The number of allylic oxidation sites excluding steroid dienone is 1. The summed E-state index contributed by atoms with van der Waals surface area (Å²) in [7, 11) is -1.73. The summed E-state index contributed by atoms with van der Waals surface area (Å²) in [6, 6.07) is 16.2. The van der Waals surface area contributed by atoms with Gasteiger partial charge in [-0.15, -0.1) is 0 Å². The SMILES string of the molecule is CCO/C(=C/[C@@H]1CCOc2cc(OCc3ccccc3)ccc21)O[Si](C)(C)C. The molecule has 1 aliphatic rings. The normalized spacial score (nSPS) is 16.7. The molecule has 0 aromatic heterocycles. The summed E-state index contributed by atoms with van der Waals surface area (Å²) in [6.07, 6.45) is 3.01. The van der Waals surface area contributed by atoms with Crippen LogP contribution in [0.15, 0.2) is 60.6 Å². The van der Waals surface area contributed by atoms with Crippen LogP contribution in [0.5, 0.6) is 11.5 Å². The van der Waals surface area contributed by atoms with Crippen LogP contribution in [0.1, 0.15) is 30.4 Å². The molecule has 0 unspecified atom stereocenters. The summed E-state index contributed by atoms with van der Waals surface area (Å²) in [4.78, 5) is 0. The lowest BCUT2D eigenvalue weighted by Crippen LogP contribution is -2.26. The average molecular weight is 399 g/mol.